The number of likely N-dealkylation sites (tertiary alicyclic amines) is 1. The Morgan fingerprint density at radius 3 is 3.14 bits per heavy atom. The van der Waals surface area contributed by atoms with Gasteiger partial charge in [0, 0.05) is 30.7 Å². The summed E-state index contributed by atoms with van der Waals surface area (Å²) in [6, 6.07) is 6.61. The van der Waals surface area contributed by atoms with Crippen molar-refractivity contribution in [3.63, 3.8) is 0 Å². The van der Waals surface area contributed by atoms with Crippen molar-refractivity contribution in [2.75, 3.05) is 20.1 Å². The minimum Gasteiger partial charge on any atom is -0.310 e. The van der Waals surface area contributed by atoms with E-state index in [9.17, 15) is 0 Å². The summed E-state index contributed by atoms with van der Waals surface area (Å²) in [4.78, 5) is 11.5. The van der Waals surface area contributed by atoms with E-state index in [1.807, 2.05) is 24.4 Å². The lowest BCUT2D eigenvalue weighted by atomic mass is 10.0. The van der Waals surface area contributed by atoms with Crippen molar-refractivity contribution in [2.24, 2.45) is 0 Å². The topological polar surface area (TPSA) is 41.0 Å². The van der Waals surface area contributed by atoms with E-state index < -0.39 is 0 Å². The summed E-state index contributed by atoms with van der Waals surface area (Å²) < 4.78 is 0. The second-order valence-corrected chi connectivity index (χ2v) is 6.48. The molecule has 5 heteroatoms. The lowest BCUT2D eigenvalue weighted by molar-refractivity contribution is 0.181. The Morgan fingerprint density at radius 1 is 1.38 bits per heavy atom. The van der Waals surface area contributed by atoms with E-state index >= 15 is 0 Å². The molecule has 0 amide bonds. The number of aromatic nitrogens is 2. The molecule has 3 heterocycles. The zero-order valence-corrected chi connectivity index (χ0v) is 13.3. The monoisotopic (exact) mass is 302 g/mol. The summed E-state index contributed by atoms with van der Waals surface area (Å²) in [6.07, 6.45) is 5.82. The van der Waals surface area contributed by atoms with Gasteiger partial charge in [0.1, 0.15) is 5.01 Å². The predicted molar refractivity (Wildman–Crippen MR) is 87.3 cm³/mol. The van der Waals surface area contributed by atoms with E-state index in [1.165, 1.54) is 25.8 Å². The fourth-order valence-corrected chi connectivity index (χ4v) is 3.56. The highest BCUT2D eigenvalue weighted by atomic mass is 32.1. The normalized spacial score (nSPS) is 19.8. The summed E-state index contributed by atoms with van der Waals surface area (Å²) in [5, 5.41) is 6.68. The molecule has 0 radical (unpaired) electrons. The van der Waals surface area contributed by atoms with Crippen LogP contribution in [-0.2, 0) is 6.54 Å². The minimum atomic E-state index is 0.674. The molecule has 1 N–H and O–H groups in total. The first-order valence-electron chi connectivity index (χ1n) is 7.59. The Labute approximate surface area is 130 Å². The Bertz CT molecular complexity index is 554. The average Bonchev–Trinajstić information content (AvgIpc) is 2.99. The molecule has 1 aliphatic heterocycles. The molecular formula is C16H22N4S. The van der Waals surface area contributed by atoms with Crippen molar-refractivity contribution < 1.29 is 0 Å². The number of piperidine rings is 1. The van der Waals surface area contributed by atoms with Crippen molar-refractivity contribution in [3.8, 4) is 10.7 Å². The van der Waals surface area contributed by atoms with E-state index in [0.717, 1.165) is 29.5 Å². The van der Waals surface area contributed by atoms with Crippen LogP contribution in [0.1, 0.15) is 25.0 Å². The van der Waals surface area contributed by atoms with Gasteiger partial charge in [-0.05, 0) is 38.6 Å². The van der Waals surface area contributed by atoms with E-state index in [0.29, 0.717) is 6.04 Å². The zero-order valence-electron chi connectivity index (χ0n) is 12.5. The van der Waals surface area contributed by atoms with Gasteiger partial charge >= 0.3 is 0 Å². The molecule has 1 fully saturated rings. The molecule has 21 heavy (non-hydrogen) atoms. The van der Waals surface area contributed by atoms with Crippen molar-refractivity contribution >= 4 is 11.3 Å². The molecule has 0 spiro atoms. The fourth-order valence-electron chi connectivity index (χ4n) is 2.76. The highest BCUT2D eigenvalue weighted by Gasteiger charge is 2.18. The number of nitrogens with one attached hydrogen (secondary N) is 1. The van der Waals surface area contributed by atoms with E-state index in [1.54, 1.807) is 11.3 Å². The van der Waals surface area contributed by atoms with Crippen LogP contribution in [0.5, 0.6) is 0 Å². The third-order valence-corrected chi connectivity index (χ3v) is 4.96. The molecule has 1 unspecified atom stereocenters. The van der Waals surface area contributed by atoms with Crippen LogP contribution >= 0.6 is 11.3 Å². The highest BCUT2D eigenvalue weighted by Crippen LogP contribution is 2.21. The van der Waals surface area contributed by atoms with Gasteiger partial charge in [0.05, 0.1) is 11.4 Å². The van der Waals surface area contributed by atoms with Gasteiger partial charge in [0.25, 0.3) is 0 Å². The fraction of sp³-hybridized carbons (Fsp3) is 0.500. The summed E-state index contributed by atoms with van der Waals surface area (Å²) in [5.41, 5.74) is 2.07. The van der Waals surface area contributed by atoms with Gasteiger partial charge in [0.15, 0.2) is 0 Å². The molecule has 0 aromatic carbocycles. The van der Waals surface area contributed by atoms with Gasteiger partial charge in [-0.1, -0.05) is 12.5 Å². The zero-order chi connectivity index (χ0) is 14.5. The largest absolute Gasteiger partial charge is 0.310 e. The number of rotatable bonds is 5. The average molecular weight is 302 g/mol. The van der Waals surface area contributed by atoms with Crippen molar-refractivity contribution in [2.45, 2.75) is 31.8 Å². The first kappa shape index (κ1) is 14.6. The maximum absolute atomic E-state index is 4.66. The van der Waals surface area contributed by atoms with Crippen LogP contribution in [0.3, 0.4) is 0 Å². The molecule has 0 bridgehead atoms. The second kappa shape index (κ2) is 7.11. The Balaban J connectivity index is 1.51. The number of hydrogen-bond acceptors (Lipinski definition) is 5. The summed E-state index contributed by atoms with van der Waals surface area (Å²) in [7, 11) is 2.23. The van der Waals surface area contributed by atoms with Gasteiger partial charge in [-0.3, -0.25) is 4.98 Å². The Kier molecular flexibility index (Phi) is 4.95. The molecule has 1 aliphatic rings. The lowest BCUT2D eigenvalue weighted by Crippen LogP contribution is -2.42. The smallest absolute Gasteiger partial charge is 0.142 e. The van der Waals surface area contributed by atoms with Crippen LogP contribution in [-0.4, -0.2) is 41.0 Å². The number of hydrogen-bond donors (Lipinski definition) is 1. The quantitative estimate of drug-likeness (QED) is 0.922. The summed E-state index contributed by atoms with van der Waals surface area (Å²) in [5.74, 6) is 0. The molecule has 2 aromatic heterocycles. The first-order chi connectivity index (χ1) is 10.3. The molecule has 1 atom stereocenters. The number of pyridine rings is 1. The van der Waals surface area contributed by atoms with Crippen LogP contribution in [0.25, 0.3) is 10.7 Å². The van der Waals surface area contributed by atoms with Gasteiger partial charge in [0.2, 0.25) is 0 Å². The molecule has 0 aliphatic carbocycles. The highest BCUT2D eigenvalue weighted by molar-refractivity contribution is 7.13. The maximum atomic E-state index is 4.66. The number of likely N-dealkylation sites (N-methyl/N-ethyl adjacent to an activating group) is 1. The standard InChI is InChI=1S/C16H22N4S/c1-20-9-5-3-6-14(20)11-17-10-13-12-21-16(19-13)15-7-2-4-8-18-15/h2,4,7-8,12,14,17H,3,5-6,9-11H2,1H3. The van der Waals surface area contributed by atoms with Crippen LogP contribution < -0.4 is 5.32 Å². The van der Waals surface area contributed by atoms with Gasteiger partial charge in [-0.15, -0.1) is 11.3 Å². The van der Waals surface area contributed by atoms with Crippen molar-refractivity contribution in [3.05, 3.63) is 35.5 Å². The van der Waals surface area contributed by atoms with E-state index in [2.05, 4.69) is 32.6 Å². The second-order valence-electron chi connectivity index (χ2n) is 5.62. The van der Waals surface area contributed by atoms with E-state index in [-0.39, 0.29) is 0 Å². The van der Waals surface area contributed by atoms with Crippen LogP contribution in [0.4, 0.5) is 0 Å². The SMILES string of the molecule is CN1CCCCC1CNCc1csc(-c2ccccn2)n1. The lowest BCUT2D eigenvalue weighted by Gasteiger charge is -2.32. The molecule has 0 saturated carbocycles. The molecule has 3 rings (SSSR count). The van der Waals surface area contributed by atoms with Crippen molar-refractivity contribution in [1.82, 2.24) is 20.2 Å². The third kappa shape index (κ3) is 3.87. The Morgan fingerprint density at radius 2 is 2.33 bits per heavy atom. The van der Waals surface area contributed by atoms with Crippen LogP contribution in [0.2, 0.25) is 0 Å². The molecule has 112 valence electrons. The van der Waals surface area contributed by atoms with Crippen LogP contribution in [0.15, 0.2) is 29.8 Å². The maximum Gasteiger partial charge on any atom is 0.142 e. The van der Waals surface area contributed by atoms with E-state index in [4.69, 9.17) is 0 Å². The summed E-state index contributed by atoms with van der Waals surface area (Å²) >= 11 is 1.67. The molecule has 2 aromatic rings. The van der Waals surface area contributed by atoms with Gasteiger partial charge < -0.3 is 10.2 Å². The minimum absolute atomic E-state index is 0.674. The molecular weight excluding hydrogens is 280 g/mol. The van der Waals surface area contributed by atoms with Gasteiger partial charge in [-0.2, -0.15) is 0 Å². The first-order valence-corrected chi connectivity index (χ1v) is 8.47. The van der Waals surface area contributed by atoms with Gasteiger partial charge in [-0.25, -0.2) is 4.98 Å². The Hall–Kier alpha value is -1.30. The molecule has 4 nitrogen and oxygen atoms in total. The van der Waals surface area contributed by atoms with Crippen LogP contribution in [0, 0.1) is 0 Å². The summed E-state index contributed by atoms with van der Waals surface area (Å²) in [6.45, 7) is 3.12. The predicted octanol–water partition coefficient (Wildman–Crippen LogP) is 2.78. The number of thiazole rings is 1. The third-order valence-electron chi connectivity index (χ3n) is 4.04. The molecule has 1 saturated heterocycles. The number of nitrogens with zero attached hydrogens (tertiary/aromatic N) is 3. The van der Waals surface area contributed by atoms with Crippen molar-refractivity contribution in [1.29, 1.82) is 0 Å².